The van der Waals surface area contributed by atoms with Crippen LogP contribution in [0, 0.1) is 0 Å². The molecule has 0 aromatic heterocycles. The van der Waals surface area contributed by atoms with Gasteiger partial charge in [-0.2, -0.15) is 0 Å². The summed E-state index contributed by atoms with van der Waals surface area (Å²) in [5, 5.41) is 9.90. The van der Waals surface area contributed by atoms with Crippen molar-refractivity contribution >= 4 is 42.7 Å². The molecule has 0 amide bonds. The first-order chi connectivity index (χ1) is 15.0. The van der Waals surface area contributed by atoms with E-state index in [0.717, 1.165) is 5.56 Å². The van der Waals surface area contributed by atoms with E-state index in [1.54, 1.807) is 12.1 Å². The van der Waals surface area contributed by atoms with Gasteiger partial charge in [0, 0.05) is 0 Å². The Morgan fingerprint density at radius 2 is 1.03 bits per heavy atom. The summed E-state index contributed by atoms with van der Waals surface area (Å²) >= 11 is 4.48. The summed E-state index contributed by atoms with van der Waals surface area (Å²) in [6.45, 7) is 2.25. The molecule has 1 N–H and O–H groups in total. The molecule has 0 aliphatic rings. The molecule has 0 aliphatic carbocycles. The van der Waals surface area contributed by atoms with E-state index in [9.17, 15) is 9.90 Å². The minimum absolute atomic E-state index is 0.0565. The SMILES string of the molecule is CC(c1ccc(C(=O)O)cc1)P(Br)(c1ccccc1)(c1ccccc1)c1ccccc1. The fraction of sp³-hybridized carbons (Fsp3) is 0.0741. The Bertz CT molecular complexity index is 1080. The van der Waals surface area contributed by atoms with Gasteiger partial charge in [-0.25, -0.2) is 0 Å². The van der Waals surface area contributed by atoms with Crippen LogP contribution in [0.25, 0.3) is 0 Å². The molecule has 0 aliphatic heterocycles. The van der Waals surface area contributed by atoms with E-state index in [2.05, 4.69) is 95.2 Å². The zero-order valence-corrected chi connectivity index (χ0v) is 19.7. The van der Waals surface area contributed by atoms with Crippen LogP contribution in [0.15, 0.2) is 115 Å². The second kappa shape index (κ2) is 8.42. The number of carboxylic acid groups (broad SMARTS) is 1. The van der Waals surface area contributed by atoms with Gasteiger partial charge in [-0.05, 0) is 0 Å². The maximum atomic E-state index is 11.4. The molecule has 0 saturated heterocycles. The molecule has 2 nitrogen and oxygen atoms in total. The molecule has 0 fully saturated rings. The number of halogens is 1. The third-order valence-corrected chi connectivity index (χ3v) is 17.4. The molecule has 0 radical (unpaired) electrons. The number of hydrogen-bond donors (Lipinski definition) is 1. The van der Waals surface area contributed by atoms with Crippen molar-refractivity contribution < 1.29 is 9.90 Å². The molecule has 1 atom stereocenters. The van der Waals surface area contributed by atoms with Crippen LogP contribution in [-0.4, -0.2) is 11.1 Å². The normalized spacial score (nSPS) is 13.7. The van der Waals surface area contributed by atoms with Crippen molar-refractivity contribution in [2.45, 2.75) is 12.6 Å². The predicted molar refractivity (Wildman–Crippen MR) is 136 cm³/mol. The van der Waals surface area contributed by atoms with E-state index in [4.69, 9.17) is 0 Å². The Labute approximate surface area is 191 Å². The molecular weight excluding hydrogens is 467 g/mol. The van der Waals surface area contributed by atoms with Crippen molar-refractivity contribution in [2.24, 2.45) is 0 Å². The van der Waals surface area contributed by atoms with Gasteiger partial charge in [-0.1, -0.05) is 0 Å². The van der Waals surface area contributed by atoms with E-state index in [1.807, 2.05) is 30.3 Å². The van der Waals surface area contributed by atoms with Gasteiger partial charge >= 0.3 is 192 Å². The van der Waals surface area contributed by atoms with Gasteiger partial charge in [-0.15, -0.1) is 0 Å². The van der Waals surface area contributed by atoms with Gasteiger partial charge in [0.05, 0.1) is 0 Å². The Balaban J connectivity index is 2.09. The average Bonchev–Trinajstić information content (AvgIpc) is 2.85. The molecule has 156 valence electrons. The van der Waals surface area contributed by atoms with Crippen molar-refractivity contribution in [2.75, 3.05) is 0 Å². The molecule has 4 heteroatoms. The summed E-state index contributed by atoms with van der Waals surface area (Å²) < 4.78 is 0. The van der Waals surface area contributed by atoms with Crippen molar-refractivity contribution in [3.63, 3.8) is 0 Å². The molecule has 1 unspecified atom stereocenters. The van der Waals surface area contributed by atoms with E-state index in [0.29, 0.717) is 5.56 Å². The Morgan fingerprint density at radius 3 is 1.35 bits per heavy atom. The standard InChI is InChI=1S/C27H24BrO2P/c1-21(22-17-19-23(20-18-22)27(29)30)31(28,24-11-5-2-6-12-24,25-13-7-3-8-14-25)26-15-9-4-10-16-26/h2-21H,1H3,(H,29,30). The summed E-state index contributed by atoms with van der Waals surface area (Å²) in [7, 11) is 0. The summed E-state index contributed by atoms with van der Waals surface area (Å²) in [5.74, 6) is -0.912. The van der Waals surface area contributed by atoms with E-state index in [-0.39, 0.29) is 5.66 Å². The number of benzene rings is 4. The number of carbonyl (C=O) groups is 1. The minimum atomic E-state index is -3.17. The van der Waals surface area contributed by atoms with Gasteiger partial charge in [-0.3, -0.25) is 0 Å². The van der Waals surface area contributed by atoms with Gasteiger partial charge in [0.15, 0.2) is 0 Å². The fourth-order valence-electron chi connectivity index (χ4n) is 4.46. The first-order valence-corrected chi connectivity index (χ1v) is 14.5. The summed E-state index contributed by atoms with van der Waals surface area (Å²) in [6.07, 6.45) is 0. The summed E-state index contributed by atoms with van der Waals surface area (Å²) in [4.78, 5) is 11.4. The maximum absolute atomic E-state index is 11.4. The first-order valence-electron chi connectivity index (χ1n) is 10.2. The number of carboxylic acids is 1. The third-order valence-electron chi connectivity index (χ3n) is 6.15. The third kappa shape index (κ3) is 3.43. The quantitative estimate of drug-likeness (QED) is 0.322. The molecule has 0 saturated carbocycles. The second-order valence-corrected chi connectivity index (χ2v) is 16.6. The first kappa shape index (κ1) is 21.5. The van der Waals surface area contributed by atoms with Crippen LogP contribution >= 0.6 is 20.8 Å². The van der Waals surface area contributed by atoms with Gasteiger partial charge in [0.1, 0.15) is 0 Å². The number of aromatic carboxylic acids is 1. The summed E-state index contributed by atoms with van der Waals surface area (Å²) in [5.41, 5.74) is 1.45. The molecule has 4 rings (SSSR count). The van der Waals surface area contributed by atoms with Gasteiger partial charge in [0.2, 0.25) is 0 Å². The van der Waals surface area contributed by atoms with E-state index in [1.165, 1.54) is 15.9 Å². The van der Waals surface area contributed by atoms with Gasteiger partial charge in [0.25, 0.3) is 0 Å². The van der Waals surface area contributed by atoms with Crippen molar-refractivity contribution in [3.05, 3.63) is 126 Å². The second-order valence-electron chi connectivity index (χ2n) is 7.68. The predicted octanol–water partition coefficient (Wildman–Crippen LogP) is 6.29. The topological polar surface area (TPSA) is 37.3 Å². The Morgan fingerprint density at radius 1 is 0.677 bits per heavy atom. The monoisotopic (exact) mass is 490 g/mol. The van der Waals surface area contributed by atoms with Crippen molar-refractivity contribution in [1.29, 1.82) is 0 Å². The van der Waals surface area contributed by atoms with E-state index < -0.39 is 11.3 Å². The van der Waals surface area contributed by atoms with Crippen LogP contribution in [0.5, 0.6) is 0 Å². The van der Waals surface area contributed by atoms with Crippen molar-refractivity contribution in [3.8, 4) is 0 Å². The molecule has 31 heavy (non-hydrogen) atoms. The van der Waals surface area contributed by atoms with Crippen LogP contribution < -0.4 is 15.9 Å². The van der Waals surface area contributed by atoms with Crippen LogP contribution in [0.1, 0.15) is 28.5 Å². The molecule has 4 aromatic carbocycles. The van der Waals surface area contributed by atoms with Crippen molar-refractivity contribution in [1.82, 2.24) is 0 Å². The molecule has 0 bridgehead atoms. The van der Waals surface area contributed by atoms with Gasteiger partial charge < -0.3 is 0 Å². The Hall–Kier alpha value is -2.74. The zero-order chi connectivity index (χ0) is 21.9. The van der Waals surface area contributed by atoms with E-state index >= 15 is 0 Å². The number of rotatable bonds is 6. The summed E-state index contributed by atoms with van der Waals surface area (Å²) in [6, 6.07) is 39.2. The molecule has 0 heterocycles. The molecule has 0 spiro atoms. The molecular formula is C27H24BrO2P. The van der Waals surface area contributed by atoms with Crippen LogP contribution in [0.3, 0.4) is 0 Å². The Kier molecular flexibility index (Phi) is 5.83. The van der Waals surface area contributed by atoms with Crippen LogP contribution in [0.4, 0.5) is 0 Å². The number of hydrogen-bond acceptors (Lipinski definition) is 1. The zero-order valence-electron chi connectivity index (χ0n) is 17.2. The molecule has 4 aromatic rings. The van der Waals surface area contributed by atoms with Crippen LogP contribution in [0.2, 0.25) is 0 Å². The average molecular weight is 491 g/mol. The van der Waals surface area contributed by atoms with Crippen LogP contribution in [-0.2, 0) is 0 Å². The fourth-order valence-corrected chi connectivity index (χ4v) is 12.5.